The maximum absolute atomic E-state index is 12.5. The fourth-order valence-electron chi connectivity index (χ4n) is 3.43. The number of hydrogen-bond donors (Lipinski definition) is 2. The van der Waals surface area contributed by atoms with Crippen LogP contribution in [0.1, 0.15) is 5.82 Å². The fraction of sp³-hybridized carbons (Fsp3) is 0.250. The number of piperazine rings is 1. The summed E-state index contributed by atoms with van der Waals surface area (Å²) >= 11 is 0. The Balaban J connectivity index is 1.35. The van der Waals surface area contributed by atoms with Crippen molar-refractivity contribution in [2.75, 3.05) is 31.5 Å². The first-order valence-corrected chi connectivity index (χ1v) is 9.50. The van der Waals surface area contributed by atoms with Gasteiger partial charge in [-0.3, -0.25) is 19.8 Å². The van der Waals surface area contributed by atoms with E-state index in [-0.39, 0.29) is 17.3 Å². The Bertz CT molecular complexity index is 1150. The second-order valence-electron chi connectivity index (χ2n) is 7.03. The van der Waals surface area contributed by atoms with E-state index in [1.54, 1.807) is 23.1 Å². The zero-order chi connectivity index (χ0) is 21.1. The molecular formula is C20H20N6O4. The van der Waals surface area contributed by atoms with Crippen molar-refractivity contribution in [3.05, 3.63) is 74.8 Å². The van der Waals surface area contributed by atoms with E-state index in [0.717, 1.165) is 0 Å². The number of H-pyrrole nitrogens is 1. The second-order valence-corrected chi connectivity index (χ2v) is 7.03. The molecule has 0 spiro atoms. The summed E-state index contributed by atoms with van der Waals surface area (Å²) in [6.45, 7) is 2.73. The van der Waals surface area contributed by atoms with Crippen LogP contribution in [0.25, 0.3) is 10.9 Å². The summed E-state index contributed by atoms with van der Waals surface area (Å²) in [6, 6.07) is 12.7. The highest BCUT2D eigenvalue weighted by atomic mass is 16.6. The quantitative estimate of drug-likeness (QED) is 0.504. The number of para-hydroxylation sites is 1. The van der Waals surface area contributed by atoms with E-state index in [9.17, 15) is 19.7 Å². The van der Waals surface area contributed by atoms with Gasteiger partial charge in [-0.1, -0.05) is 18.2 Å². The van der Waals surface area contributed by atoms with Gasteiger partial charge in [-0.05, 0) is 18.2 Å². The summed E-state index contributed by atoms with van der Waals surface area (Å²) in [5.41, 5.74) is 0.806. The highest BCUT2D eigenvalue weighted by Crippen LogP contribution is 2.18. The number of amides is 2. The van der Waals surface area contributed by atoms with Gasteiger partial charge in [-0.15, -0.1) is 0 Å². The molecule has 0 radical (unpaired) electrons. The predicted molar refractivity (Wildman–Crippen MR) is 111 cm³/mol. The van der Waals surface area contributed by atoms with Crippen molar-refractivity contribution in [2.24, 2.45) is 0 Å². The molecule has 1 aromatic heterocycles. The SMILES string of the molecule is O=C(Nc1cccc([N+](=O)[O-])c1)N1CCN(Cc2nc3ccccc3c(=O)[nH]2)CC1. The number of urea groups is 1. The summed E-state index contributed by atoms with van der Waals surface area (Å²) in [7, 11) is 0. The van der Waals surface area contributed by atoms with Gasteiger partial charge in [0.1, 0.15) is 5.82 Å². The largest absolute Gasteiger partial charge is 0.322 e. The molecule has 2 N–H and O–H groups in total. The number of carbonyl (C=O) groups excluding carboxylic acids is 1. The van der Waals surface area contributed by atoms with Crippen LogP contribution in [-0.4, -0.2) is 56.9 Å². The third kappa shape index (κ3) is 4.28. The zero-order valence-electron chi connectivity index (χ0n) is 16.1. The number of fused-ring (bicyclic) bond motifs is 1. The molecule has 2 amide bonds. The molecule has 3 aromatic rings. The number of benzene rings is 2. The lowest BCUT2D eigenvalue weighted by molar-refractivity contribution is -0.384. The Morgan fingerprint density at radius 2 is 1.90 bits per heavy atom. The Hall–Kier alpha value is -3.79. The highest BCUT2D eigenvalue weighted by Gasteiger charge is 2.22. The van der Waals surface area contributed by atoms with Crippen LogP contribution in [0.2, 0.25) is 0 Å². The Kier molecular flexibility index (Phi) is 5.40. The van der Waals surface area contributed by atoms with Crippen molar-refractivity contribution in [3.8, 4) is 0 Å². The predicted octanol–water partition coefficient (Wildman–Crippen LogP) is 2.18. The van der Waals surface area contributed by atoms with Crippen LogP contribution in [0.15, 0.2) is 53.3 Å². The molecule has 0 unspecified atom stereocenters. The number of nitro groups is 1. The van der Waals surface area contributed by atoms with Gasteiger partial charge >= 0.3 is 6.03 Å². The summed E-state index contributed by atoms with van der Waals surface area (Å²) in [4.78, 5) is 46.2. The minimum absolute atomic E-state index is 0.0745. The molecule has 1 aliphatic heterocycles. The van der Waals surface area contributed by atoms with Crippen molar-refractivity contribution in [2.45, 2.75) is 6.54 Å². The third-order valence-electron chi connectivity index (χ3n) is 5.00. The molecule has 2 heterocycles. The molecule has 0 saturated carbocycles. The van der Waals surface area contributed by atoms with Crippen LogP contribution in [0.5, 0.6) is 0 Å². The molecule has 1 saturated heterocycles. The smallest absolute Gasteiger partial charge is 0.321 e. The number of rotatable bonds is 4. The average molecular weight is 408 g/mol. The van der Waals surface area contributed by atoms with Crippen LogP contribution in [0.4, 0.5) is 16.2 Å². The molecule has 0 bridgehead atoms. The van der Waals surface area contributed by atoms with E-state index < -0.39 is 4.92 Å². The molecule has 1 aliphatic rings. The Morgan fingerprint density at radius 1 is 1.13 bits per heavy atom. The second kappa shape index (κ2) is 8.29. The van der Waals surface area contributed by atoms with E-state index in [1.165, 1.54) is 18.2 Å². The third-order valence-corrected chi connectivity index (χ3v) is 5.00. The van der Waals surface area contributed by atoms with Crippen LogP contribution < -0.4 is 10.9 Å². The number of aromatic amines is 1. The summed E-state index contributed by atoms with van der Waals surface area (Å²) < 4.78 is 0. The van der Waals surface area contributed by atoms with Crippen LogP contribution >= 0.6 is 0 Å². The van der Waals surface area contributed by atoms with Gasteiger partial charge < -0.3 is 15.2 Å². The first-order chi connectivity index (χ1) is 14.5. The normalized spacial score (nSPS) is 14.6. The molecule has 4 rings (SSSR count). The number of nitrogens with zero attached hydrogens (tertiary/aromatic N) is 4. The number of aromatic nitrogens is 2. The van der Waals surface area contributed by atoms with Crippen LogP contribution in [0.3, 0.4) is 0 Å². The lowest BCUT2D eigenvalue weighted by atomic mass is 10.2. The summed E-state index contributed by atoms with van der Waals surface area (Å²) in [5, 5.41) is 14.1. The molecule has 2 aromatic carbocycles. The van der Waals surface area contributed by atoms with Crippen molar-refractivity contribution < 1.29 is 9.72 Å². The topological polar surface area (TPSA) is 124 Å². The number of nitro benzene ring substituents is 1. The Morgan fingerprint density at radius 3 is 2.67 bits per heavy atom. The summed E-state index contributed by atoms with van der Waals surface area (Å²) in [6.07, 6.45) is 0. The van der Waals surface area contributed by atoms with Crippen molar-refractivity contribution in [1.82, 2.24) is 19.8 Å². The minimum atomic E-state index is -0.500. The van der Waals surface area contributed by atoms with E-state index >= 15 is 0 Å². The number of anilines is 1. The average Bonchev–Trinajstić information content (AvgIpc) is 2.74. The molecule has 0 aliphatic carbocycles. The number of non-ortho nitro benzene ring substituents is 1. The van der Waals surface area contributed by atoms with Gasteiger partial charge in [0.25, 0.3) is 11.2 Å². The molecule has 0 atom stereocenters. The molecule has 10 heteroatoms. The van der Waals surface area contributed by atoms with E-state index in [2.05, 4.69) is 20.2 Å². The van der Waals surface area contributed by atoms with Crippen molar-refractivity contribution in [1.29, 1.82) is 0 Å². The van der Waals surface area contributed by atoms with E-state index in [4.69, 9.17) is 0 Å². The van der Waals surface area contributed by atoms with Gasteiger partial charge in [-0.2, -0.15) is 0 Å². The van der Waals surface area contributed by atoms with Gasteiger partial charge in [0.15, 0.2) is 0 Å². The first-order valence-electron chi connectivity index (χ1n) is 9.50. The molecule has 30 heavy (non-hydrogen) atoms. The lowest BCUT2D eigenvalue weighted by Crippen LogP contribution is -2.49. The Labute approximate surface area is 171 Å². The van der Waals surface area contributed by atoms with Gasteiger partial charge in [-0.25, -0.2) is 9.78 Å². The number of nitrogens with one attached hydrogen (secondary N) is 2. The molecular weight excluding hydrogens is 388 g/mol. The summed E-state index contributed by atoms with van der Waals surface area (Å²) in [5.74, 6) is 0.591. The van der Waals surface area contributed by atoms with E-state index in [0.29, 0.717) is 55.1 Å². The zero-order valence-corrected chi connectivity index (χ0v) is 16.1. The van der Waals surface area contributed by atoms with E-state index in [1.807, 2.05) is 12.1 Å². The number of hydrogen-bond acceptors (Lipinski definition) is 6. The maximum Gasteiger partial charge on any atom is 0.321 e. The van der Waals surface area contributed by atoms with Gasteiger partial charge in [0, 0.05) is 44.0 Å². The van der Waals surface area contributed by atoms with Gasteiger partial charge in [0.2, 0.25) is 0 Å². The van der Waals surface area contributed by atoms with Crippen LogP contribution in [0, 0.1) is 10.1 Å². The maximum atomic E-state index is 12.5. The van der Waals surface area contributed by atoms with Crippen molar-refractivity contribution >= 4 is 28.3 Å². The lowest BCUT2D eigenvalue weighted by Gasteiger charge is -2.34. The van der Waals surface area contributed by atoms with Crippen molar-refractivity contribution in [3.63, 3.8) is 0 Å². The van der Waals surface area contributed by atoms with Crippen LogP contribution in [-0.2, 0) is 6.54 Å². The number of carbonyl (C=O) groups is 1. The minimum Gasteiger partial charge on any atom is -0.322 e. The van der Waals surface area contributed by atoms with Gasteiger partial charge in [0.05, 0.1) is 22.4 Å². The standard InChI is InChI=1S/C20H20N6O4/c27-19-16-6-1-2-7-17(16)22-18(23-19)13-24-8-10-25(11-9-24)20(28)21-14-4-3-5-15(12-14)26(29)30/h1-7,12H,8-11,13H2,(H,21,28)(H,22,23,27). The molecule has 154 valence electrons. The molecule has 1 fully saturated rings. The first kappa shape index (κ1) is 19.5. The molecule has 10 nitrogen and oxygen atoms in total. The highest BCUT2D eigenvalue weighted by molar-refractivity contribution is 5.89. The fourth-order valence-corrected chi connectivity index (χ4v) is 3.43. The monoisotopic (exact) mass is 408 g/mol.